The number of hydrogen-bond donors (Lipinski definition) is 2. The van der Waals surface area contributed by atoms with Crippen molar-refractivity contribution in [1.29, 1.82) is 0 Å². The molecular weight excluding hydrogens is 260 g/mol. The van der Waals surface area contributed by atoms with E-state index in [1.54, 1.807) is 0 Å². The molecule has 19 heavy (non-hydrogen) atoms. The standard InChI is InChI=1S/C14H22N2O2S/c1-2-10-19(17,18)16-9-7-12-5-6-14-13(11-12)4-3-8-15-14/h5-6,11,15-16H,2-4,7-10H2,1H3. The molecule has 106 valence electrons. The third-order valence-electron chi connectivity index (χ3n) is 3.32. The fraction of sp³-hybridized carbons (Fsp3) is 0.571. The van der Waals surface area contributed by atoms with Crippen LogP contribution in [0.2, 0.25) is 0 Å². The number of fused-ring (bicyclic) bond motifs is 1. The number of sulfonamides is 1. The first-order chi connectivity index (χ1) is 9.11. The van der Waals surface area contributed by atoms with Gasteiger partial charge in [0.05, 0.1) is 5.75 Å². The van der Waals surface area contributed by atoms with Crippen molar-refractivity contribution in [3.05, 3.63) is 29.3 Å². The third-order valence-corrected chi connectivity index (χ3v) is 4.91. The fourth-order valence-corrected chi connectivity index (χ4v) is 3.47. The quantitative estimate of drug-likeness (QED) is 0.838. The van der Waals surface area contributed by atoms with E-state index in [1.165, 1.54) is 23.2 Å². The lowest BCUT2D eigenvalue weighted by Gasteiger charge is -2.18. The van der Waals surface area contributed by atoms with Crippen LogP contribution >= 0.6 is 0 Å². The minimum absolute atomic E-state index is 0.209. The number of rotatable bonds is 6. The Morgan fingerprint density at radius 1 is 1.37 bits per heavy atom. The summed E-state index contributed by atoms with van der Waals surface area (Å²) >= 11 is 0. The molecule has 1 heterocycles. The van der Waals surface area contributed by atoms with Gasteiger partial charge < -0.3 is 5.32 Å². The van der Waals surface area contributed by atoms with E-state index in [0.717, 1.165) is 19.4 Å². The number of hydrogen-bond acceptors (Lipinski definition) is 3. The molecule has 0 aliphatic carbocycles. The van der Waals surface area contributed by atoms with Crippen LogP contribution in [0.4, 0.5) is 5.69 Å². The molecule has 5 heteroatoms. The van der Waals surface area contributed by atoms with Crippen molar-refractivity contribution in [2.75, 3.05) is 24.2 Å². The zero-order valence-electron chi connectivity index (χ0n) is 11.4. The lowest BCUT2D eigenvalue weighted by atomic mass is 10.00. The first-order valence-electron chi connectivity index (χ1n) is 6.94. The summed E-state index contributed by atoms with van der Waals surface area (Å²) in [5.74, 6) is 0.209. The molecule has 1 aromatic carbocycles. The molecule has 0 spiro atoms. The molecule has 0 fully saturated rings. The van der Waals surface area contributed by atoms with E-state index in [9.17, 15) is 8.42 Å². The summed E-state index contributed by atoms with van der Waals surface area (Å²) in [6, 6.07) is 6.37. The second-order valence-corrected chi connectivity index (χ2v) is 6.91. The minimum Gasteiger partial charge on any atom is -0.385 e. The van der Waals surface area contributed by atoms with Gasteiger partial charge >= 0.3 is 0 Å². The Morgan fingerprint density at radius 3 is 3.00 bits per heavy atom. The van der Waals surface area contributed by atoms with Gasteiger partial charge in [-0.05, 0) is 42.9 Å². The maximum absolute atomic E-state index is 11.5. The first kappa shape index (κ1) is 14.3. The summed E-state index contributed by atoms with van der Waals surface area (Å²) in [5, 5.41) is 3.38. The molecule has 1 aliphatic rings. The summed E-state index contributed by atoms with van der Waals surface area (Å²) in [5.41, 5.74) is 3.77. The number of aryl methyl sites for hydroxylation is 1. The van der Waals surface area contributed by atoms with Crippen LogP contribution in [-0.4, -0.2) is 27.3 Å². The SMILES string of the molecule is CCCS(=O)(=O)NCCc1ccc2c(c1)CCCN2. The molecule has 0 radical (unpaired) electrons. The Kier molecular flexibility index (Phi) is 4.82. The van der Waals surface area contributed by atoms with Crippen LogP contribution in [0.25, 0.3) is 0 Å². The van der Waals surface area contributed by atoms with Gasteiger partial charge in [-0.15, -0.1) is 0 Å². The van der Waals surface area contributed by atoms with Gasteiger partial charge in [-0.3, -0.25) is 0 Å². The van der Waals surface area contributed by atoms with E-state index in [1.807, 2.05) is 6.92 Å². The fourth-order valence-electron chi connectivity index (χ4n) is 2.38. The Labute approximate surface area is 115 Å². The van der Waals surface area contributed by atoms with Crippen LogP contribution in [0.1, 0.15) is 30.9 Å². The van der Waals surface area contributed by atoms with E-state index in [0.29, 0.717) is 13.0 Å². The van der Waals surface area contributed by atoms with Gasteiger partial charge in [0, 0.05) is 18.8 Å². The molecule has 0 bridgehead atoms. The average molecular weight is 282 g/mol. The van der Waals surface area contributed by atoms with Crippen molar-refractivity contribution in [3.63, 3.8) is 0 Å². The van der Waals surface area contributed by atoms with Gasteiger partial charge in [-0.25, -0.2) is 13.1 Å². The van der Waals surface area contributed by atoms with Gasteiger partial charge in [-0.1, -0.05) is 19.1 Å². The van der Waals surface area contributed by atoms with Gasteiger partial charge in [0.1, 0.15) is 0 Å². The Balaban J connectivity index is 1.90. The summed E-state index contributed by atoms with van der Waals surface area (Å²) < 4.78 is 25.7. The van der Waals surface area contributed by atoms with Crippen LogP contribution < -0.4 is 10.0 Å². The predicted octanol–water partition coefficient (Wildman–Crippen LogP) is 1.92. The molecule has 0 atom stereocenters. The number of anilines is 1. The highest BCUT2D eigenvalue weighted by Crippen LogP contribution is 2.22. The lowest BCUT2D eigenvalue weighted by Crippen LogP contribution is -2.28. The van der Waals surface area contributed by atoms with Crippen molar-refractivity contribution >= 4 is 15.7 Å². The molecule has 1 aliphatic heterocycles. The van der Waals surface area contributed by atoms with Gasteiger partial charge in [0.25, 0.3) is 0 Å². The van der Waals surface area contributed by atoms with Crippen LogP contribution in [0.15, 0.2) is 18.2 Å². The summed E-state index contributed by atoms with van der Waals surface area (Å²) in [7, 11) is -3.08. The maximum Gasteiger partial charge on any atom is 0.211 e. The molecule has 0 amide bonds. The van der Waals surface area contributed by atoms with E-state index < -0.39 is 10.0 Å². The Bertz CT molecular complexity index is 526. The molecule has 0 unspecified atom stereocenters. The van der Waals surface area contributed by atoms with Crippen LogP contribution in [-0.2, 0) is 22.9 Å². The van der Waals surface area contributed by atoms with Gasteiger partial charge in [-0.2, -0.15) is 0 Å². The molecule has 4 nitrogen and oxygen atoms in total. The molecular formula is C14H22N2O2S. The van der Waals surface area contributed by atoms with Crippen molar-refractivity contribution in [2.24, 2.45) is 0 Å². The van der Waals surface area contributed by atoms with Crippen LogP contribution in [0, 0.1) is 0 Å². The topological polar surface area (TPSA) is 58.2 Å². The molecule has 1 aromatic rings. The van der Waals surface area contributed by atoms with Crippen LogP contribution in [0.5, 0.6) is 0 Å². The first-order valence-corrected chi connectivity index (χ1v) is 8.59. The van der Waals surface area contributed by atoms with Gasteiger partial charge in [0.2, 0.25) is 10.0 Å². The minimum atomic E-state index is -3.08. The monoisotopic (exact) mass is 282 g/mol. The lowest BCUT2D eigenvalue weighted by molar-refractivity contribution is 0.580. The van der Waals surface area contributed by atoms with Gasteiger partial charge in [0.15, 0.2) is 0 Å². The highest BCUT2D eigenvalue weighted by molar-refractivity contribution is 7.89. The number of benzene rings is 1. The third kappa shape index (κ3) is 4.21. The predicted molar refractivity (Wildman–Crippen MR) is 79.0 cm³/mol. The van der Waals surface area contributed by atoms with Crippen molar-refractivity contribution < 1.29 is 8.42 Å². The highest BCUT2D eigenvalue weighted by Gasteiger charge is 2.10. The zero-order valence-corrected chi connectivity index (χ0v) is 12.2. The van der Waals surface area contributed by atoms with Crippen molar-refractivity contribution in [2.45, 2.75) is 32.6 Å². The molecule has 0 aromatic heterocycles. The maximum atomic E-state index is 11.5. The second kappa shape index (κ2) is 6.39. The summed E-state index contributed by atoms with van der Waals surface area (Å²) in [6.45, 7) is 3.40. The van der Waals surface area contributed by atoms with E-state index in [-0.39, 0.29) is 5.75 Å². The summed E-state index contributed by atoms with van der Waals surface area (Å²) in [6.07, 6.45) is 3.67. The zero-order chi connectivity index (χ0) is 13.7. The Morgan fingerprint density at radius 2 is 2.21 bits per heavy atom. The molecule has 0 saturated heterocycles. The van der Waals surface area contributed by atoms with E-state index >= 15 is 0 Å². The highest BCUT2D eigenvalue weighted by atomic mass is 32.2. The number of nitrogens with one attached hydrogen (secondary N) is 2. The normalized spacial score (nSPS) is 14.8. The summed E-state index contributed by atoms with van der Waals surface area (Å²) in [4.78, 5) is 0. The molecule has 2 rings (SSSR count). The van der Waals surface area contributed by atoms with Crippen LogP contribution in [0.3, 0.4) is 0 Å². The van der Waals surface area contributed by atoms with E-state index in [2.05, 4.69) is 28.2 Å². The second-order valence-electron chi connectivity index (χ2n) is 4.99. The van der Waals surface area contributed by atoms with Crippen molar-refractivity contribution in [1.82, 2.24) is 4.72 Å². The molecule has 0 saturated carbocycles. The smallest absolute Gasteiger partial charge is 0.211 e. The Hall–Kier alpha value is -1.07. The average Bonchev–Trinajstić information content (AvgIpc) is 2.38. The largest absolute Gasteiger partial charge is 0.385 e. The van der Waals surface area contributed by atoms with Crippen molar-refractivity contribution in [3.8, 4) is 0 Å². The molecule has 2 N–H and O–H groups in total. The van der Waals surface area contributed by atoms with E-state index in [4.69, 9.17) is 0 Å².